The molecule has 2 rings (SSSR count). The fraction of sp³-hybridized carbons (Fsp3) is 0.538. The average Bonchev–Trinajstić information content (AvgIpc) is 2.83. The first-order chi connectivity index (χ1) is 8.16. The van der Waals surface area contributed by atoms with E-state index in [4.69, 9.17) is 10.0 Å². The minimum Gasteiger partial charge on any atom is -0.423 e. The van der Waals surface area contributed by atoms with E-state index >= 15 is 0 Å². The van der Waals surface area contributed by atoms with Crippen LogP contribution in [0.5, 0.6) is 0 Å². The molecule has 1 aromatic carbocycles. The van der Waals surface area contributed by atoms with E-state index in [-0.39, 0.29) is 0 Å². The minimum atomic E-state index is -1.36. The predicted molar refractivity (Wildman–Crippen MR) is 70.0 cm³/mol. The van der Waals surface area contributed by atoms with Gasteiger partial charge in [-0.05, 0) is 30.9 Å². The van der Waals surface area contributed by atoms with Crippen LogP contribution < -0.4 is 5.46 Å². The molecule has 1 fully saturated rings. The van der Waals surface area contributed by atoms with Gasteiger partial charge in [-0.1, -0.05) is 37.1 Å². The quantitative estimate of drug-likeness (QED) is 0.754. The van der Waals surface area contributed by atoms with Gasteiger partial charge in [0, 0.05) is 12.6 Å². The van der Waals surface area contributed by atoms with E-state index in [1.807, 2.05) is 12.1 Å². The summed E-state index contributed by atoms with van der Waals surface area (Å²) in [4.78, 5) is 2.40. The van der Waals surface area contributed by atoms with Crippen LogP contribution in [0.15, 0.2) is 24.3 Å². The lowest BCUT2D eigenvalue weighted by Gasteiger charge is -2.24. The van der Waals surface area contributed by atoms with Gasteiger partial charge in [0.25, 0.3) is 0 Å². The van der Waals surface area contributed by atoms with Crippen LogP contribution in [-0.2, 0) is 6.54 Å². The molecule has 0 spiro atoms. The molecule has 1 aliphatic carbocycles. The number of nitrogens with zero attached hydrogens (tertiary/aromatic N) is 1. The molecule has 0 atom stereocenters. The van der Waals surface area contributed by atoms with Gasteiger partial charge in [0.2, 0.25) is 0 Å². The van der Waals surface area contributed by atoms with Crippen LogP contribution in [-0.4, -0.2) is 35.2 Å². The molecule has 2 N–H and O–H groups in total. The molecule has 0 amide bonds. The lowest BCUT2D eigenvalue weighted by Crippen LogP contribution is -2.31. The van der Waals surface area contributed by atoms with Crippen molar-refractivity contribution in [2.75, 3.05) is 7.05 Å². The zero-order valence-electron chi connectivity index (χ0n) is 10.3. The summed E-state index contributed by atoms with van der Waals surface area (Å²) in [5.74, 6) is 0. The Morgan fingerprint density at radius 1 is 1.18 bits per heavy atom. The molecular weight excluding hydrogens is 213 g/mol. The van der Waals surface area contributed by atoms with Crippen LogP contribution in [0, 0.1) is 0 Å². The predicted octanol–water partition coefficient (Wildman–Crippen LogP) is 0.741. The molecule has 0 bridgehead atoms. The molecule has 1 saturated carbocycles. The van der Waals surface area contributed by atoms with Gasteiger partial charge in [-0.25, -0.2) is 0 Å². The number of benzene rings is 1. The first-order valence-corrected chi connectivity index (χ1v) is 6.32. The molecule has 1 aliphatic rings. The van der Waals surface area contributed by atoms with Gasteiger partial charge in [0.1, 0.15) is 0 Å². The Morgan fingerprint density at radius 2 is 1.76 bits per heavy atom. The normalized spacial score (nSPS) is 16.7. The number of rotatable bonds is 4. The van der Waals surface area contributed by atoms with Crippen LogP contribution in [0.1, 0.15) is 31.2 Å². The summed E-state index contributed by atoms with van der Waals surface area (Å²) in [5, 5.41) is 18.0. The maximum absolute atomic E-state index is 9.01. The summed E-state index contributed by atoms with van der Waals surface area (Å²) < 4.78 is 0. The Kier molecular flexibility index (Phi) is 4.21. The van der Waals surface area contributed by atoms with E-state index in [1.165, 1.54) is 31.2 Å². The standard InChI is InChI=1S/C13H20BNO2/c1-15(13-4-2-3-5-13)10-11-6-8-12(9-7-11)14(16)17/h6-9,13,16-17H,2-5,10H2,1H3. The summed E-state index contributed by atoms with van der Waals surface area (Å²) in [6.45, 7) is 0.937. The van der Waals surface area contributed by atoms with Crippen molar-refractivity contribution in [1.29, 1.82) is 0 Å². The average molecular weight is 233 g/mol. The number of hydrogen-bond acceptors (Lipinski definition) is 3. The molecule has 0 heterocycles. The Morgan fingerprint density at radius 3 is 2.29 bits per heavy atom. The van der Waals surface area contributed by atoms with Gasteiger partial charge in [0.15, 0.2) is 0 Å². The van der Waals surface area contributed by atoms with E-state index in [2.05, 4.69) is 11.9 Å². The summed E-state index contributed by atoms with van der Waals surface area (Å²) in [6.07, 6.45) is 5.32. The van der Waals surface area contributed by atoms with E-state index in [1.54, 1.807) is 12.1 Å². The van der Waals surface area contributed by atoms with Crippen LogP contribution in [0.2, 0.25) is 0 Å². The molecule has 92 valence electrons. The van der Waals surface area contributed by atoms with Gasteiger partial charge in [-0.15, -0.1) is 0 Å². The maximum atomic E-state index is 9.01. The first-order valence-electron chi connectivity index (χ1n) is 6.32. The first kappa shape index (κ1) is 12.6. The zero-order chi connectivity index (χ0) is 12.3. The van der Waals surface area contributed by atoms with Crippen molar-refractivity contribution in [1.82, 2.24) is 4.90 Å². The lowest BCUT2D eigenvalue weighted by atomic mass is 9.80. The van der Waals surface area contributed by atoms with E-state index in [0.717, 1.165) is 12.6 Å². The largest absolute Gasteiger partial charge is 0.488 e. The highest BCUT2D eigenvalue weighted by Crippen LogP contribution is 2.23. The fourth-order valence-corrected chi connectivity index (χ4v) is 2.56. The van der Waals surface area contributed by atoms with Crippen molar-refractivity contribution in [3.63, 3.8) is 0 Å². The molecule has 17 heavy (non-hydrogen) atoms. The third kappa shape index (κ3) is 3.31. The van der Waals surface area contributed by atoms with E-state index in [9.17, 15) is 0 Å². The molecule has 0 radical (unpaired) electrons. The maximum Gasteiger partial charge on any atom is 0.488 e. The van der Waals surface area contributed by atoms with Crippen molar-refractivity contribution in [2.24, 2.45) is 0 Å². The molecule has 0 saturated heterocycles. The molecule has 0 unspecified atom stereocenters. The Labute approximate surface area is 103 Å². The minimum absolute atomic E-state index is 0.553. The summed E-state index contributed by atoms with van der Waals surface area (Å²) in [6, 6.07) is 8.23. The highest BCUT2D eigenvalue weighted by atomic mass is 16.4. The third-order valence-corrected chi connectivity index (χ3v) is 3.66. The Bertz CT molecular complexity index is 347. The SMILES string of the molecule is CN(Cc1ccc(B(O)O)cc1)C1CCCC1. The second-order valence-corrected chi connectivity index (χ2v) is 4.97. The van der Waals surface area contributed by atoms with Crippen LogP contribution >= 0.6 is 0 Å². The lowest BCUT2D eigenvalue weighted by molar-refractivity contribution is 0.237. The summed E-state index contributed by atoms with van der Waals surface area (Å²) in [7, 11) is 0.807. The summed E-state index contributed by atoms with van der Waals surface area (Å²) >= 11 is 0. The van der Waals surface area contributed by atoms with Gasteiger partial charge in [-0.2, -0.15) is 0 Å². The van der Waals surface area contributed by atoms with Crippen molar-refractivity contribution in [3.8, 4) is 0 Å². The topological polar surface area (TPSA) is 43.7 Å². The summed E-state index contributed by atoms with van der Waals surface area (Å²) in [5.41, 5.74) is 1.78. The third-order valence-electron chi connectivity index (χ3n) is 3.66. The highest BCUT2D eigenvalue weighted by molar-refractivity contribution is 6.58. The molecule has 3 nitrogen and oxygen atoms in total. The van der Waals surface area contributed by atoms with Crippen molar-refractivity contribution in [3.05, 3.63) is 29.8 Å². The van der Waals surface area contributed by atoms with Crippen molar-refractivity contribution in [2.45, 2.75) is 38.3 Å². The van der Waals surface area contributed by atoms with Crippen LogP contribution in [0.25, 0.3) is 0 Å². The van der Waals surface area contributed by atoms with Crippen molar-refractivity contribution >= 4 is 12.6 Å². The van der Waals surface area contributed by atoms with Gasteiger partial charge in [-0.3, -0.25) is 4.90 Å². The van der Waals surface area contributed by atoms with E-state index < -0.39 is 7.12 Å². The second kappa shape index (κ2) is 5.67. The Balaban J connectivity index is 1.93. The number of hydrogen-bond donors (Lipinski definition) is 2. The van der Waals surface area contributed by atoms with Gasteiger partial charge >= 0.3 is 7.12 Å². The van der Waals surface area contributed by atoms with E-state index in [0.29, 0.717) is 5.46 Å². The van der Waals surface area contributed by atoms with Crippen LogP contribution in [0.4, 0.5) is 0 Å². The van der Waals surface area contributed by atoms with Crippen LogP contribution in [0.3, 0.4) is 0 Å². The monoisotopic (exact) mass is 233 g/mol. The molecule has 4 heteroatoms. The molecule has 0 aliphatic heterocycles. The fourth-order valence-electron chi connectivity index (χ4n) is 2.56. The van der Waals surface area contributed by atoms with Crippen molar-refractivity contribution < 1.29 is 10.0 Å². The smallest absolute Gasteiger partial charge is 0.423 e. The van der Waals surface area contributed by atoms with Gasteiger partial charge < -0.3 is 10.0 Å². The molecule has 1 aromatic rings. The zero-order valence-corrected chi connectivity index (χ0v) is 10.3. The second-order valence-electron chi connectivity index (χ2n) is 4.97. The molecule has 0 aromatic heterocycles. The highest BCUT2D eigenvalue weighted by Gasteiger charge is 2.19. The van der Waals surface area contributed by atoms with Gasteiger partial charge in [0.05, 0.1) is 0 Å². The Hall–Kier alpha value is -0.835. The molecular formula is C13H20BNO2.